The summed E-state index contributed by atoms with van der Waals surface area (Å²) in [5, 5.41) is 3.33. The summed E-state index contributed by atoms with van der Waals surface area (Å²) in [4.78, 5) is 40.8. The standard InChI is InChI=1S/C30H29N3O5/c1-33-25(18-20-7-5-4-6-8-20)29(35)32-24(30(33)36)17-21-9-12-23(13-10-21)28(34)31-16-15-22-11-14-26(37-2)27(19-22)38-3/h4-14,17-19H,15-16H2,1-3H3,(H,31,34)(H,32,35)/b24-17-,25-18-. The van der Waals surface area contributed by atoms with Crippen molar-refractivity contribution in [3.63, 3.8) is 0 Å². The number of ether oxygens (including phenoxy) is 2. The summed E-state index contributed by atoms with van der Waals surface area (Å²) in [6.45, 7) is 0.450. The fraction of sp³-hybridized carbons (Fsp3) is 0.167. The van der Waals surface area contributed by atoms with Crippen molar-refractivity contribution in [2.24, 2.45) is 7.05 Å². The summed E-state index contributed by atoms with van der Waals surface area (Å²) >= 11 is 0. The molecule has 4 aromatic rings. The molecule has 1 heterocycles. The zero-order valence-corrected chi connectivity index (χ0v) is 21.5. The maximum Gasteiger partial charge on any atom is 0.274 e. The van der Waals surface area contributed by atoms with Gasteiger partial charge in [-0.3, -0.25) is 14.4 Å². The number of nitrogens with zero attached hydrogens (tertiary/aromatic N) is 1. The van der Waals surface area contributed by atoms with Crippen molar-refractivity contribution in [2.75, 3.05) is 20.8 Å². The number of benzene rings is 3. The predicted molar refractivity (Wildman–Crippen MR) is 147 cm³/mol. The largest absolute Gasteiger partial charge is 0.493 e. The Kier molecular flexibility index (Phi) is 8.23. The minimum absolute atomic E-state index is 0.162. The molecule has 0 aliphatic heterocycles. The van der Waals surface area contributed by atoms with Crippen LogP contribution >= 0.6 is 0 Å². The highest BCUT2D eigenvalue weighted by atomic mass is 16.5. The van der Waals surface area contributed by atoms with Gasteiger partial charge in [0.2, 0.25) is 0 Å². The Morgan fingerprint density at radius 2 is 1.58 bits per heavy atom. The third kappa shape index (κ3) is 6.10. The molecule has 0 spiro atoms. The molecule has 1 aromatic heterocycles. The Balaban J connectivity index is 1.46. The fourth-order valence-electron chi connectivity index (χ4n) is 4.01. The van der Waals surface area contributed by atoms with E-state index in [-0.39, 0.29) is 27.7 Å². The smallest absolute Gasteiger partial charge is 0.274 e. The number of carbonyl (C=O) groups is 1. The van der Waals surface area contributed by atoms with Gasteiger partial charge in [-0.05, 0) is 59.5 Å². The molecule has 0 atom stereocenters. The third-order valence-corrected chi connectivity index (χ3v) is 6.11. The van der Waals surface area contributed by atoms with Crippen LogP contribution in [-0.4, -0.2) is 36.2 Å². The summed E-state index contributed by atoms with van der Waals surface area (Å²) in [7, 11) is 4.74. The highest BCUT2D eigenvalue weighted by Gasteiger charge is 2.08. The number of carbonyl (C=O) groups excluding carboxylic acids is 1. The van der Waals surface area contributed by atoms with E-state index in [1.54, 1.807) is 57.7 Å². The van der Waals surface area contributed by atoms with Gasteiger partial charge in [-0.1, -0.05) is 48.5 Å². The predicted octanol–water partition coefficient (Wildman–Crippen LogP) is 1.72. The number of hydrogen-bond acceptors (Lipinski definition) is 5. The van der Waals surface area contributed by atoms with Crippen LogP contribution < -0.4 is 36.6 Å². The molecule has 0 fully saturated rings. The third-order valence-electron chi connectivity index (χ3n) is 6.11. The summed E-state index contributed by atoms with van der Waals surface area (Å²) < 4.78 is 11.9. The first-order valence-corrected chi connectivity index (χ1v) is 12.1. The molecule has 8 nitrogen and oxygen atoms in total. The molecular weight excluding hydrogens is 482 g/mol. The van der Waals surface area contributed by atoms with E-state index in [1.807, 2.05) is 48.5 Å². The molecule has 0 saturated carbocycles. The molecule has 4 rings (SSSR count). The zero-order valence-electron chi connectivity index (χ0n) is 21.5. The average Bonchev–Trinajstić information content (AvgIpc) is 2.94. The van der Waals surface area contributed by atoms with E-state index in [4.69, 9.17) is 9.47 Å². The number of aromatic nitrogens is 2. The Morgan fingerprint density at radius 1 is 0.895 bits per heavy atom. The molecule has 2 N–H and O–H groups in total. The van der Waals surface area contributed by atoms with E-state index in [0.717, 1.165) is 11.1 Å². The molecule has 0 saturated heterocycles. The van der Waals surface area contributed by atoms with Gasteiger partial charge in [0, 0.05) is 19.2 Å². The Labute approximate surface area is 219 Å². The van der Waals surface area contributed by atoms with Crippen LogP contribution in [0.3, 0.4) is 0 Å². The maximum absolute atomic E-state index is 12.9. The van der Waals surface area contributed by atoms with Gasteiger partial charge in [0.05, 0.1) is 14.2 Å². The normalized spacial score (nSPS) is 11.9. The van der Waals surface area contributed by atoms with Crippen LogP contribution in [0, 0.1) is 0 Å². The fourth-order valence-corrected chi connectivity index (χ4v) is 4.01. The van der Waals surface area contributed by atoms with Gasteiger partial charge in [-0.2, -0.15) is 0 Å². The molecule has 0 aliphatic rings. The van der Waals surface area contributed by atoms with Gasteiger partial charge >= 0.3 is 0 Å². The van der Waals surface area contributed by atoms with Crippen LogP contribution in [0.15, 0.2) is 82.4 Å². The van der Waals surface area contributed by atoms with Crippen molar-refractivity contribution in [2.45, 2.75) is 6.42 Å². The summed E-state index contributed by atoms with van der Waals surface area (Å²) in [5.74, 6) is 1.09. The number of H-pyrrole nitrogens is 1. The molecule has 8 heteroatoms. The SMILES string of the molecule is COc1ccc(CCNC(=O)c2ccc(/C=c3\[nH]c(=O)/c(=C/c4ccccc4)n(C)c3=O)cc2)cc1OC. The first-order chi connectivity index (χ1) is 18.4. The van der Waals surface area contributed by atoms with Crippen molar-refractivity contribution in [3.05, 3.63) is 126 Å². The van der Waals surface area contributed by atoms with Gasteiger partial charge in [0.25, 0.3) is 17.0 Å². The topological polar surface area (TPSA) is 102 Å². The average molecular weight is 512 g/mol. The van der Waals surface area contributed by atoms with Crippen LogP contribution in [-0.2, 0) is 13.5 Å². The van der Waals surface area contributed by atoms with Crippen LogP contribution in [0.2, 0.25) is 0 Å². The summed E-state index contributed by atoms with van der Waals surface area (Å²) in [6.07, 6.45) is 3.89. The number of amides is 1. The lowest BCUT2D eigenvalue weighted by Gasteiger charge is -2.10. The Hall–Kier alpha value is -4.85. The molecule has 1 amide bonds. The van der Waals surface area contributed by atoms with Gasteiger partial charge in [0.1, 0.15) is 10.7 Å². The lowest BCUT2D eigenvalue weighted by Crippen LogP contribution is -2.52. The lowest BCUT2D eigenvalue weighted by molar-refractivity contribution is 0.0954. The van der Waals surface area contributed by atoms with Crippen LogP contribution in [0.4, 0.5) is 0 Å². The molecule has 38 heavy (non-hydrogen) atoms. The zero-order chi connectivity index (χ0) is 27.1. The molecule has 194 valence electrons. The minimum Gasteiger partial charge on any atom is -0.493 e. The number of methoxy groups -OCH3 is 2. The van der Waals surface area contributed by atoms with Crippen molar-refractivity contribution >= 4 is 18.1 Å². The second-order valence-corrected chi connectivity index (χ2v) is 8.63. The van der Waals surface area contributed by atoms with Gasteiger partial charge in [0.15, 0.2) is 11.5 Å². The molecule has 0 aliphatic carbocycles. The molecule has 0 bridgehead atoms. The van der Waals surface area contributed by atoms with Crippen molar-refractivity contribution in [1.82, 2.24) is 14.9 Å². The molecule has 0 unspecified atom stereocenters. The van der Waals surface area contributed by atoms with Crippen LogP contribution in [0.5, 0.6) is 11.5 Å². The number of aromatic amines is 1. The van der Waals surface area contributed by atoms with E-state index < -0.39 is 0 Å². The first-order valence-electron chi connectivity index (χ1n) is 12.1. The molecular formula is C30H29N3O5. The first kappa shape index (κ1) is 26.2. The molecule has 0 radical (unpaired) electrons. The second kappa shape index (κ2) is 11.9. The minimum atomic E-state index is -0.368. The van der Waals surface area contributed by atoms with E-state index >= 15 is 0 Å². The number of rotatable bonds is 8. The highest BCUT2D eigenvalue weighted by Crippen LogP contribution is 2.27. The van der Waals surface area contributed by atoms with Crippen LogP contribution in [0.1, 0.15) is 27.0 Å². The van der Waals surface area contributed by atoms with E-state index in [0.29, 0.717) is 35.6 Å². The van der Waals surface area contributed by atoms with Gasteiger partial charge in [-0.15, -0.1) is 0 Å². The lowest BCUT2D eigenvalue weighted by atomic mass is 10.1. The Morgan fingerprint density at radius 3 is 2.26 bits per heavy atom. The maximum atomic E-state index is 12.9. The monoisotopic (exact) mass is 511 g/mol. The van der Waals surface area contributed by atoms with E-state index in [1.165, 1.54) is 4.57 Å². The second-order valence-electron chi connectivity index (χ2n) is 8.63. The van der Waals surface area contributed by atoms with E-state index in [9.17, 15) is 14.4 Å². The molecule has 3 aromatic carbocycles. The van der Waals surface area contributed by atoms with Gasteiger partial charge in [-0.25, -0.2) is 0 Å². The van der Waals surface area contributed by atoms with Crippen LogP contribution in [0.25, 0.3) is 12.2 Å². The highest BCUT2D eigenvalue weighted by molar-refractivity contribution is 5.94. The number of hydrogen-bond donors (Lipinski definition) is 2. The van der Waals surface area contributed by atoms with Crippen molar-refractivity contribution < 1.29 is 14.3 Å². The quantitative estimate of drug-likeness (QED) is 0.375. The van der Waals surface area contributed by atoms with Gasteiger partial charge < -0.3 is 24.3 Å². The number of nitrogens with one attached hydrogen (secondary N) is 2. The van der Waals surface area contributed by atoms with Crippen molar-refractivity contribution in [1.29, 1.82) is 0 Å². The van der Waals surface area contributed by atoms with Crippen molar-refractivity contribution in [3.8, 4) is 11.5 Å². The Bertz CT molecular complexity index is 1670. The summed E-state index contributed by atoms with van der Waals surface area (Å²) in [6, 6.07) is 21.8. The van der Waals surface area contributed by atoms with E-state index in [2.05, 4.69) is 10.3 Å². The summed E-state index contributed by atoms with van der Waals surface area (Å²) in [5.41, 5.74) is 2.30.